The van der Waals surface area contributed by atoms with E-state index in [9.17, 15) is 9.59 Å². The molecule has 0 radical (unpaired) electrons. The number of H-pyrrole nitrogens is 1. The zero-order chi connectivity index (χ0) is 23.2. The van der Waals surface area contributed by atoms with E-state index in [1.54, 1.807) is 6.07 Å². The number of fused-ring (bicyclic) bond motifs is 2. The van der Waals surface area contributed by atoms with Gasteiger partial charge in [0, 0.05) is 18.0 Å². The van der Waals surface area contributed by atoms with Gasteiger partial charge in [0.2, 0.25) is 5.82 Å². The molecule has 11 heteroatoms. The number of hydrogen-bond donors (Lipinski definition) is 2. The molecule has 0 aliphatic carbocycles. The zero-order valence-electron chi connectivity index (χ0n) is 17.2. The second kappa shape index (κ2) is 8.31. The molecule has 1 aromatic heterocycles. The van der Waals surface area contributed by atoms with Crippen LogP contribution in [0, 0.1) is 5.82 Å². The van der Waals surface area contributed by atoms with Gasteiger partial charge in [-0.3, -0.25) is 15.2 Å². The summed E-state index contributed by atoms with van der Waals surface area (Å²) in [6.07, 6.45) is 0.554. The number of ether oxygens (including phenoxy) is 1. The summed E-state index contributed by atoms with van der Waals surface area (Å²) in [5, 5.41) is 9.86. The van der Waals surface area contributed by atoms with Crippen LogP contribution in [0.15, 0.2) is 36.4 Å². The first kappa shape index (κ1) is 21.7. The van der Waals surface area contributed by atoms with Crippen LogP contribution in [-0.2, 0) is 16.8 Å². The lowest BCUT2D eigenvalue weighted by molar-refractivity contribution is -0.0420. The fourth-order valence-electron chi connectivity index (χ4n) is 4.40. The van der Waals surface area contributed by atoms with Crippen molar-refractivity contribution in [2.24, 2.45) is 0 Å². The Balaban J connectivity index is 1.40. The number of nitrogens with zero attached hydrogens (tertiary/aromatic N) is 3. The number of rotatable bonds is 3. The van der Waals surface area contributed by atoms with Crippen molar-refractivity contribution in [3.8, 4) is 0 Å². The molecule has 170 valence electrons. The molecule has 5 rings (SSSR count). The minimum absolute atomic E-state index is 0.0175. The van der Waals surface area contributed by atoms with Crippen molar-refractivity contribution in [2.75, 3.05) is 18.4 Å². The van der Waals surface area contributed by atoms with Gasteiger partial charge in [-0.2, -0.15) is 0 Å². The molecule has 33 heavy (non-hydrogen) atoms. The van der Waals surface area contributed by atoms with Gasteiger partial charge in [0.25, 0.3) is 5.91 Å². The van der Waals surface area contributed by atoms with E-state index < -0.39 is 23.4 Å². The molecule has 0 unspecified atom stereocenters. The molecular weight excluding hydrogens is 472 g/mol. The molecule has 2 aliphatic heterocycles. The number of halogens is 3. The van der Waals surface area contributed by atoms with Gasteiger partial charge in [-0.05, 0) is 42.7 Å². The van der Waals surface area contributed by atoms with E-state index in [0.29, 0.717) is 36.7 Å². The standard InChI is InChI=1S/C22H18Cl2FN5O3/c23-13-4-1-3-12(9-13)10-16-27-19(29-28-16)20(31)30-8-2-7-22(11-30)17-15(26-21(32)33-22)6-5-14(24)18(17)25/h1,3-6,9H,2,7-8,10-11H2,(H,26,32)(H,27,28,29)/t22-/m0/s1. The van der Waals surface area contributed by atoms with Crippen molar-refractivity contribution < 1.29 is 18.7 Å². The van der Waals surface area contributed by atoms with Crippen LogP contribution >= 0.6 is 23.2 Å². The number of amides is 2. The number of aromatic amines is 1. The first-order chi connectivity index (χ1) is 15.8. The molecule has 0 saturated carbocycles. The average Bonchev–Trinajstić information content (AvgIpc) is 3.24. The van der Waals surface area contributed by atoms with E-state index in [0.717, 1.165) is 5.56 Å². The van der Waals surface area contributed by atoms with Crippen molar-refractivity contribution in [2.45, 2.75) is 24.9 Å². The van der Waals surface area contributed by atoms with Gasteiger partial charge in [0.1, 0.15) is 5.82 Å². The number of carbonyl (C=O) groups is 2. The number of piperidine rings is 1. The van der Waals surface area contributed by atoms with Crippen LogP contribution in [0.3, 0.4) is 0 Å². The molecular formula is C22H18Cl2FN5O3. The molecule has 2 amide bonds. The number of hydrogen-bond acceptors (Lipinski definition) is 5. The Morgan fingerprint density at radius 1 is 1.27 bits per heavy atom. The smallest absolute Gasteiger partial charge is 0.412 e. The topological polar surface area (TPSA) is 100 Å². The van der Waals surface area contributed by atoms with Crippen molar-refractivity contribution >= 4 is 40.9 Å². The molecule has 1 atom stereocenters. The Bertz CT molecular complexity index is 1270. The Morgan fingerprint density at radius 3 is 2.94 bits per heavy atom. The number of aromatic nitrogens is 3. The first-order valence-corrected chi connectivity index (χ1v) is 11.0. The highest BCUT2D eigenvalue weighted by molar-refractivity contribution is 6.31. The number of anilines is 1. The molecule has 2 aliphatic rings. The number of likely N-dealkylation sites (tertiary alicyclic amines) is 1. The Kier molecular flexibility index (Phi) is 5.46. The molecule has 2 N–H and O–H groups in total. The molecule has 0 bridgehead atoms. The summed E-state index contributed by atoms with van der Waals surface area (Å²) in [5.41, 5.74) is -0.00597. The second-order valence-electron chi connectivity index (χ2n) is 8.04. The van der Waals surface area contributed by atoms with E-state index in [-0.39, 0.29) is 28.6 Å². The summed E-state index contributed by atoms with van der Waals surface area (Å²) >= 11 is 12.0. The summed E-state index contributed by atoms with van der Waals surface area (Å²) < 4.78 is 20.6. The average molecular weight is 490 g/mol. The normalized spacial score (nSPS) is 19.7. The van der Waals surface area contributed by atoms with Gasteiger partial charge < -0.3 is 9.64 Å². The highest BCUT2D eigenvalue weighted by atomic mass is 35.5. The maximum Gasteiger partial charge on any atom is 0.412 e. The van der Waals surface area contributed by atoms with Crippen molar-refractivity contribution in [1.82, 2.24) is 20.1 Å². The second-order valence-corrected chi connectivity index (χ2v) is 8.88. The maximum absolute atomic E-state index is 15.0. The SMILES string of the molecule is O=C1Nc2ccc(Cl)c(F)c2[C@@]2(CCCN(C(=O)c3n[nH]c(Cc4cccc(Cl)c4)n3)C2)O1. The Morgan fingerprint density at radius 2 is 2.12 bits per heavy atom. The Hall–Kier alpha value is -3.17. The predicted molar refractivity (Wildman–Crippen MR) is 119 cm³/mol. The lowest BCUT2D eigenvalue weighted by atomic mass is 9.83. The highest BCUT2D eigenvalue weighted by Crippen LogP contribution is 2.45. The quantitative estimate of drug-likeness (QED) is 0.562. The van der Waals surface area contributed by atoms with Crippen LogP contribution in [0.2, 0.25) is 10.0 Å². The lowest BCUT2D eigenvalue weighted by Crippen LogP contribution is -2.53. The van der Waals surface area contributed by atoms with E-state index in [1.165, 1.54) is 17.0 Å². The van der Waals surface area contributed by atoms with Crippen molar-refractivity contribution in [1.29, 1.82) is 0 Å². The summed E-state index contributed by atoms with van der Waals surface area (Å²) in [5.74, 6) is -0.633. The fraction of sp³-hybridized carbons (Fsp3) is 0.273. The molecule has 3 heterocycles. The number of nitrogens with one attached hydrogen (secondary N) is 2. The summed E-state index contributed by atoms with van der Waals surface area (Å²) in [4.78, 5) is 31.2. The van der Waals surface area contributed by atoms with E-state index in [2.05, 4.69) is 20.5 Å². The van der Waals surface area contributed by atoms with E-state index in [1.807, 2.05) is 18.2 Å². The number of carbonyl (C=O) groups excluding carboxylic acids is 2. The number of benzene rings is 2. The third-order valence-electron chi connectivity index (χ3n) is 5.80. The Labute approximate surface area is 198 Å². The van der Waals surface area contributed by atoms with Gasteiger partial charge in [-0.1, -0.05) is 35.3 Å². The molecule has 8 nitrogen and oxygen atoms in total. The summed E-state index contributed by atoms with van der Waals surface area (Å²) in [7, 11) is 0. The highest BCUT2D eigenvalue weighted by Gasteiger charge is 2.49. The molecule has 3 aromatic rings. The van der Waals surface area contributed by atoms with Crippen LogP contribution in [0.1, 0.15) is 40.4 Å². The fourth-order valence-corrected chi connectivity index (χ4v) is 4.77. The zero-order valence-corrected chi connectivity index (χ0v) is 18.7. The molecule has 1 fully saturated rings. The van der Waals surface area contributed by atoms with Crippen LogP contribution in [-0.4, -0.2) is 45.2 Å². The summed E-state index contributed by atoms with van der Waals surface area (Å²) in [6.45, 7) is 0.350. The van der Waals surface area contributed by atoms with Crippen LogP contribution in [0.5, 0.6) is 0 Å². The maximum atomic E-state index is 15.0. The van der Waals surface area contributed by atoms with Gasteiger partial charge in [0.05, 0.1) is 22.8 Å². The first-order valence-electron chi connectivity index (χ1n) is 10.3. The van der Waals surface area contributed by atoms with Gasteiger partial charge in [0.15, 0.2) is 11.4 Å². The van der Waals surface area contributed by atoms with E-state index in [4.69, 9.17) is 27.9 Å². The lowest BCUT2D eigenvalue weighted by Gasteiger charge is -2.44. The molecule has 1 saturated heterocycles. The minimum atomic E-state index is -1.35. The third kappa shape index (κ3) is 4.02. The van der Waals surface area contributed by atoms with Crippen LogP contribution in [0.4, 0.5) is 14.9 Å². The predicted octanol–water partition coefficient (Wildman–Crippen LogP) is 4.54. The van der Waals surface area contributed by atoms with Crippen LogP contribution < -0.4 is 5.32 Å². The molecule has 1 spiro atoms. The monoisotopic (exact) mass is 489 g/mol. The third-order valence-corrected chi connectivity index (χ3v) is 6.33. The summed E-state index contributed by atoms with van der Waals surface area (Å²) in [6, 6.07) is 10.2. The van der Waals surface area contributed by atoms with Crippen molar-refractivity contribution in [3.63, 3.8) is 0 Å². The molecule has 2 aromatic carbocycles. The van der Waals surface area contributed by atoms with Gasteiger partial charge in [-0.25, -0.2) is 14.2 Å². The van der Waals surface area contributed by atoms with E-state index >= 15 is 4.39 Å². The van der Waals surface area contributed by atoms with Crippen molar-refractivity contribution in [3.05, 3.63) is 75.0 Å². The van der Waals surface area contributed by atoms with Crippen LogP contribution in [0.25, 0.3) is 0 Å². The minimum Gasteiger partial charge on any atom is -0.436 e. The largest absolute Gasteiger partial charge is 0.436 e. The van der Waals surface area contributed by atoms with Gasteiger partial charge in [-0.15, -0.1) is 5.10 Å². The van der Waals surface area contributed by atoms with Gasteiger partial charge >= 0.3 is 6.09 Å².